The fraction of sp³-hybridized carbons (Fsp3) is 0.386. The van der Waals surface area contributed by atoms with Gasteiger partial charge in [-0.25, -0.2) is 0 Å². The molecule has 3 aromatic rings. The van der Waals surface area contributed by atoms with Crippen molar-refractivity contribution in [3.63, 3.8) is 0 Å². The molecule has 1 fully saturated rings. The number of likely N-dealkylation sites (tertiary alicyclic amines) is 1. The zero-order valence-corrected chi connectivity index (χ0v) is 33.2. The van der Waals surface area contributed by atoms with Crippen molar-refractivity contribution < 1.29 is 19.2 Å². The van der Waals surface area contributed by atoms with Crippen LogP contribution in [0.1, 0.15) is 95.6 Å². The van der Waals surface area contributed by atoms with E-state index in [1.165, 1.54) is 0 Å². The van der Waals surface area contributed by atoms with Crippen LogP contribution >= 0.6 is 0 Å². The predicted molar refractivity (Wildman–Crippen MR) is 221 cm³/mol. The normalized spacial score (nSPS) is 14.4. The van der Waals surface area contributed by atoms with Crippen LogP contribution in [0.2, 0.25) is 0 Å². The Hall–Kier alpha value is -5.51. The van der Waals surface area contributed by atoms with E-state index in [9.17, 15) is 19.2 Å². The summed E-state index contributed by atoms with van der Waals surface area (Å²) >= 11 is 0. The smallest absolute Gasteiger partial charge is 0.254 e. The molecule has 0 radical (unpaired) electrons. The predicted octanol–water partition coefficient (Wildman–Crippen LogP) is 8.06. The van der Waals surface area contributed by atoms with Gasteiger partial charge in [-0.3, -0.25) is 24.2 Å². The Bertz CT molecular complexity index is 1680. The second-order valence-electron chi connectivity index (χ2n) is 12.4. The van der Waals surface area contributed by atoms with Gasteiger partial charge in [-0.1, -0.05) is 91.0 Å². The third-order valence-corrected chi connectivity index (χ3v) is 8.29. The van der Waals surface area contributed by atoms with E-state index < -0.39 is 6.04 Å². The molecular formula is C44H60N6O4. The van der Waals surface area contributed by atoms with Crippen LogP contribution in [0, 0.1) is 5.92 Å². The monoisotopic (exact) mass is 736 g/mol. The molecule has 2 unspecified atom stereocenters. The summed E-state index contributed by atoms with van der Waals surface area (Å²) in [5, 5.41) is 5.92. The van der Waals surface area contributed by atoms with Crippen LogP contribution < -0.4 is 16.4 Å². The maximum Gasteiger partial charge on any atom is 0.254 e. The average molecular weight is 737 g/mol. The number of rotatable bonds is 15. The van der Waals surface area contributed by atoms with E-state index in [0.717, 1.165) is 30.4 Å². The molecular weight excluding hydrogens is 677 g/mol. The lowest BCUT2D eigenvalue weighted by Crippen LogP contribution is -2.45. The number of nitrogens with two attached hydrogens (primary N) is 1. The van der Waals surface area contributed by atoms with Crippen LogP contribution in [-0.4, -0.2) is 64.1 Å². The maximum atomic E-state index is 13.3. The molecule has 290 valence electrons. The fourth-order valence-corrected chi connectivity index (χ4v) is 5.66. The van der Waals surface area contributed by atoms with E-state index >= 15 is 0 Å². The quantitative estimate of drug-likeness (QED) is 0.107. The minimum absolute atomic E-state index is 0.0198. The highest BCUT2D eigenvalue weighted by molar-refractivity contribution is 5.98. The number of allylic oxidation sites excluding steroid dienone is 4. The molecule has 10 heteroatoms. The van der Waals surface area contributed by atoms with Crippen molar-refractivity contribution in [3.05, 3.63) is 120 Å². The van der Waals surface area contributed by atoms with Crippen molar-refractivity contribution in [1.29, 1.82) is 0 Å². The minimum Gasteiger partial charge on any atom is -0.399 e. The van der Waals surface area contributed by atoms with Crippen LogP contribution in [0.15, 0.2) is 103 Å². The molecule has 0 spiro atoms. The highest BCUT2D eigenvalue weighted by Crippen LogP contribution is 2.22. The van der Waals surface area contributed by atoms with E-state index in [-0.39, 0.29) is 42.5 Å². The third-order valence-electron chi connectivity index (χ3n) is 8.29. The Morgan fingerprint density at radius 1 is 0.981 bits per heavy atom. The summed E-state index contributed by atoms with van der Waals surface area (Å²) < 4.78 is 0. The summed E-state index contributed by atoms with van der Waals surface area (Å²) in [6.45, 7) is 15.0. The summed E-state index contributed by atoms with van der Waals surface area (Å²) in [5.41, 5.74) is 9.99. The van der Waals surface area contributed by atoms with Gasteiger partial charge in [-0.15, -0.1) is 0 Å². The fourth-order valence-electron chi connectivity index (χ4n) is 5.66. The number of nitrogen functional groups attached to an aromatic ring is 1. The third kappa shape index (κ3) is 14.8. The zero-order valence-electron chi connectivity index (χ0n) is 33.2. The van der Waals surface area contributed by atoms with Crippen LogP contribution in [0.3, 0.4) is 0 Å². The van der Waals surface area contributed by atoms with Crippen molar-refractivity contribution in [2.75, 3.05) is 30.7 Å². The summed E-state index contributed by atoms with van der Waals surface area (Å²) in [6.07, 6.45) is 16.3. The Morgan fingerprint density at radius 2 is 1.69 bits per heavy atom. The molecule has 4 rings (SSSR count). The summed E-state index contributed by atoms with van der Waals surface area (Å²) in [4.78, 5) is 59.3. The van der Waals surface area contributed by atoms with Crippen molar-refractivity contribution >= 4 is 41.1 Å². The molecule has 1 aromatic heterocycles. The molecule has 0 aliphatic carbocycles. The first-order chi connectivity index (χ1) is 26.2. The standard InChI is InChI=1S/C40H48N6O4.2C2H6/c1-4-8-34(44-39(49)36-10-7-25-46(36)40(50)32-16-18-33(41)19-17-32)20-12-29(3)11-13-30-14-21-35(22-15-30)43-37(47)28-45(24-5-2)38(48)26-31-9-6-23-42-27-31;2*1-2/h6,8-9,11-23,27,29,36H,4-5,7,10,24-26,28,41H2,1-3H3,(H,43,47)(H,44,49);2*1-2H3/b13-11+,20-12-,34-8+;;. The average Bonchev–Trinajstić information content (AvgIpc) is 3.69. The lowest BCUT2D eigenvalue weighted by atomic mass is 10.1. The van der Waals surface area contributed by atoms with E-state index in [1.807, 2.05) is 96.2 Å². The zero-order chi connectivity index (χ0) is 39.9. The number of amides is 4. The van der Waals surface area contributed by atoms with Crippen molar-refractivity contribution in [3.8, 4) is 0 Å². The van der Waals surface area contributed by atoms with E-state index in [4.69, 9.17) is 5.73 Å². The first-order valence-corrected chi connectivity index (χ1v) is 19.3. The van der Waals surface area contributed by atoms with Gasteiger partial charge in [0.1, 0.15) is 6.04 Å². The number of carbonyl (C=O) groups excluding carboxylic acids is 4. The lowest BCUT2D eigenvalue weighted by Gasteiger charge is -2.24. The number of nitrogens with zero attached hydrogens (tertiary/aromatic N) is 3. The molecule has 4 N–H and O–H groups in total. The topological polar surface area (TPSA) is 138 Å². The number of hydrogen-bond donors (Lipinski definition) is 3. The second kappa shape index (κ2) is 24.7. The number of hydrogen-bond acceptors (Lipinski definition) is 6. The van der Waals surface area contributed by atoms with Crippen molar-refractivity contribution in [2.24, 2.45) is 5.92 Å². The Morgan fingerprint density at radius 3 is 2.31 bits per heavy atom. The molecule has 54 heavy (non-hydrogen) atoms. The van der Waals surface area contributed by atoms with Gasteiger partial charge in [0.15, 0.2) is 0 Å². The molecule has 2 aromatic carbocycles. The van der Waals surface area contributed by atoms with Gasteiger partial charge < -0.3 is 26.2 Å². The molecule has 2 heterocycles. The van der Waals surface area contributed by atoms with Crippen molar-refractivity contribution in [2.45, 2.75) is 86.6 Å². The van der Waals surface area contributed by atoms with Crippen LogP contribution in [0.5, 0.6) is 0 Å². The van der Waals surface area contributed by atoms with Crippen LogP contribution in [-0.2, 0) is 20.8 Å². The van der Waals surface area contributed by atoms with E-state index in [2.05, 4.69) is 28.6 Å². The summed E-state index contributed by atoms with van der Waals surface area (Å²) in [6, 6.07) is 17.4. The first-order valence-electron chi connectivity index (χ1n) is 19.3. The number of aromatic nitrogens is 1. The number of pyridine rings is 1. The van der Waals surface area contributed by atoms with Crippen molar-refractivity contribution in [1.82, 2.24) is 20.1 Å². The SMILES string of the molecule is CC.CC.CC/C=C(\C=C/C(C)/C=C/c1ccc(NC(=O)CN(CCC)C(=O)Cc2cccnc2)cc1)NC(=O)C1CCCN1C(=O)c1ccc(N)cc1. The summed E-state index contributed by atoms with van der Waals surface area (Å²) in [5.74, 6) is -0.662. The molecule has 10 nitrogen and oxygen atoms in total. The van der Waals surface area contributed by atoms with Gasteiger partial charge in [-0.05, 0) is 91.3 Å². The molecule has 1 saturated heterocycles. The Balaban J connectivity index is 0.00000244. The molecule has 0 bridgehead atoms. The van der Waals surface area contributed by atoms with Gasteiger partial charge in [0.05, 0.1) is 13.0 Å². The number of nitrogens with one attached hydrogen (secondary N) is 2. The first kappa shape index (κ1) is 44.7. The largest absolute Gasteiger partial charge is 0.399 e. The van der Waals surface area contributed by atoms with E-state index in [0.29, 0.717) is 42.1 Å². The highest BCUT2D eigenvalue weighted by atomic mass is 16.2. The van der Waals surface area contributed by atoms with Gasteiger partial charge in [0.25, 0.3) is 5.91 Å². The lowest BCUT2D eigenvalue weighted by molar-refractivity contribution is -0.134. The number of carbonyl (C=O) groups is 4. The highest BCUT2D eigenvalue weighted by Gasteiger charge is 2.34. The van der Waals surface area contributed by atoms with Gasteiger partial charge in [0.2, 0.25) is 17.7 Å². The Labute approximate surface area is 322 Å². The van der Waals surface area contributed by atoms with E-state index in [1.54, 1.807) is 52.5 Å². The molecule has 0 saturated carbocycles. The molecule has 1 aliphatic rings. The van der Waals surface area contributed by atoms with Gasteiger partial charge >= 0.3 is 0 Å². The van der Waals surface area contributed by atoms with Crippen LogP contribution in [0.25, 0.3) is 6.08 Å². The molecule has 2 atom stereocenters. The minimum atomic E-state index is -0.533. The maximum absolute atomic E-state index is 13.3. The second-order valence-corrected chi connectivity index (χ2v) is 12.4. The number of anilines is 2. The number of benzene rings is 2. The van der Waals surface area contributed by atoms with Crippen LogP contribution in [0.4, 0.5) is 11.4 Å². The molecule has 1 aliphatic heterocycles. The van der Waals surface area contributed by atoms with Gasteiger partial charge in [-0.2, -0.15) is 0 Å². The van der Waals surface area contributed by atoms with Gasteiger partial charge in [0, 0.05) is 48.1 Å². The Kier molecular flexibility index (Phi) is 20.4. The molecule has 4 amide bonds. The summed E-state index contributed by atoms with van der Waals surface area (Å²) in [7, 11) is 0.